The first-order valence-electron chi connectivity index (χ1n) is 11.2. The number of anilines is 3. The number of likely N-dealkylation sites (tertiary alicyclic amines) is 1. The number of amides is 1. The predicted octanol–water partition coefficient (Wildman–Crippen LogP) is 2.24. The van der Waals surface area contributed by atoms with E-state index in [9.17, 15) is 9.90 Å². The van der Waals surface area contributed by atoms with Crippen LogP contribution in [0.4, 0.5) is 17.3 Å². The number of aromatic nitrogens is 3. The number of nitrogens with one attached hydrogen (secondary N) is 1. The standard InChI is InChI=1S/C24H26N6O4/c25-19-11-15(1-4-22(19)34-18-6-9-33-10-7-18)20-5-8-26-24(29-20)28-16-2-3-21(27-12-16)23(32)30-13-17(31)14-30/h1-5,8,11-12,17-18,31H,6-7,9-10,13-14,25H2,(H,26,28,29). The molecule has 10 nitrogen and oxygen atoms in total. The Labute approximate surface area is 196 Å². The van der Waals surface area contributed by atoms with Crippen molar-refractivity contribution in [3.05, 3.63) is 54.5 Å². The van der Waals surface area contributed by atoms with E-state index < -0.39 is 6.10 Å². The van der Waals surface area contributed by atoms with E-state index in [1.807, 2.05) is 18.2 Å². The van der Waals surface area contributed by atoms with Crippen LogP contribution in [0.25, 0.3) is 11.3 Å². The van der Waals surface area contributed by atoms with Crippen LogP contribution in [0.2, 0.25) is 0 Å². The molecule has 0 spiro atoms. The lowest BCUT2D eigenvalue weighted by molar-refractivity contribution is 0.00551. The predicted molar refractivity (Wildman–Crippen MR) is 126 cm³/mol. The molecule has 2 fully saturated rings. The molecule has 2 aliphatic rings. The van der Waals surface area contributed by atoms with Crippen molar-refractivity contribution in [1.82, 2.24) is 19.9 Å². The smallest absolute Gasteiger partial charge is 0.272 e. The van der Waals surface area contributed by atoms with E-state index in [1.165, 1.54) is 0 Å². The lowest BCUT2D eigenvalue weighted by Crippen LogP contribution is -2.53. The quantitative estimate of drug-likeness (QED) is 0.471. The molecule has 2 aromatic heterocycles. The van der Waals surface area contributed by atoms with Crippen LogP contribution in [0.3, 0.4) is 0 Å². The highest BCUT2D eigenvalue weighted by Crippen LogP contribution is 2.30. The molecule has 0 saturated carbocycles. The van der Waals surface area contributed by atoms with Gasteiger partial charge in [0.2, 0.25) is 5.95 Å². The van der Waals surface area contributed by atoms with Gasteiger partial charge < -0.3 is 30.5 Å². The Hall–Kier alpha value is -3.76. The molecule has 4 heterocycles. The van der Waals surface area contributed by atoms with E-state index in [0.717, 1.165) is 18.4 Å². The number of rotatable bonds is 6. The molecule has 0 radical (unpaired) electrons. The molecule has 0 atom stereocenters. The summed E-state index contributed by atoms with van der Waals surface area (Å²) in [6.07, 6.45) is 4.60. The molecule has 0 aliphatic carbocycles. The number of aliphatic hydroxyl groups excluding tert-OH is 1. The number of pyridine rings is 1. The van der Waals surface area contributed by atoms with Gasteiger partial charge in [0.25, 0.3) is 5.91 Å². The van der Waals surface area contributed by atoms with Crippen LogP contribution >= 0.6 is 0 Å². The van der Waals surface area contributed by atoms with Crippen LogP contribution in [-0.4, -0.2) is 69.4 Å². The summed E-state index contributed by atoms with van der Waals surface area (Å²) in [6, 6.07) is 10.8. The van der Waals surface area contributed by atoms with Crippen molar-refractivity contribution in [2.45, 2.75) is 25.0 Å². The first kappa shape index (κ1) is 22.1. The third-order valence-electron chi connectivity index (χ3n) is 5.81. The number of hydrogen-bond donors (Lipinski definition) is 3. The highest BCUT2D eigenvalue weighted by atomic mass is 16.5. The summed E-state index contributed by atoms with van der Waals surface area (Å²) in [4.78, 5) is 26.9. The van der Waals surface area contributed by atoms with Crippen LogP contribution in [-0.2, 0) is 4.74 Å². The molecule has 0 bridgehead atoms. The summed E-state index contributed by atoms with van der Waals surface area (Å²) in [7, 11) is 0. The number of benzene rings is 1. The highest BCUT2D eigenvalue weighted by molar-refractivity contribution is 5.93. The molecule has 1 amide bonds. The summed E-state index contributed by atoms with van der Waals surface area (Å²) in [6.45, 7) is 2.09. The zero-order valence-electron chi connectivity index (χ0n) is 18.6. The molecule has 0 unspecified atom stereocenters. The Bertz CT molecular complexity index is 1160. The van der Waals surface area contributed by atoms with Crippen LogP contribution in [0.15, 0.2) is 48.8 Å². The monoisotopic (exact) mass is 462 g/mol. The number of carbonyl (C=O) groups excluding carboxylic acids is 1. The van der Waals surface area contributed by atoms with Gasteiger partial charge in [0.05, 0.1) is 42.6 Å². The number of β-amino-alcohol motifs (C(OH)–C–C–N with tert-alkyl or cyclic N) is 1. The first-order valence-corrected chi connectivity index (χ1v) is 11.2. The Morgan fingerprint density at radius 2 is 1.97 bits per heavy atom. The van der Waals surface area contributed by atoms with Crippen molar-refractivity contribution in [2.24, 2.45) is 0 Å². The van der Waals surface area contributed by atoms with Crippen LogP contribution < -0.4 is 15.8 Å². The van der Waals surface area contributed by atoms with E-state index in [2.05, 4.69) is 20.3 Å². The fourth-order valence-corrected chi connectivity index (χ4v) is 3.87. The minimum atomic E-state index is -0.444. The first-order chi connectivity index (χ1) is 16.5. The van der Waals surface area contributed by atoms with Crippen molar-refractivity contribution in [1.29, 1.82) is 0 Å². The fourth-order valence-electron chi connectivity index (χ4n) is 3.87. The molecule has 1 aromatic carbocycles. The third-order valence-corrected chi connectivity index (χ3v) is 5.81. The Balaban J connectivity index is 1.25. The van der Waals surface area contributed by atoms with E-state index in [1.54, 1.807) is 35.5 Å². The number of carbonyl (C=O) groups is 1. The van der Waals surface area contributed by atoms with Gasteiger partial charge in [-0.1, -0.05) is 0 Å². The van der Waals surface area contributed by atoms with Crippen LogP contribution in [0.1, 0.15) is 23.3 Å². The van der Waals surface area contributed by atoms with E-state index in [-0.39, 0.29) is 12.0 Å². The normalized spacial score (nSPS) is 16.7. The minimum Gasteiger partial charge on any atom is -0.488 e. The van der Waals surface area contributed by atoms with E-state index in [4.69, 9.17) is 15.2 Å². The van der Waals surface area contributed by atoms with Crippen molar-refractivity contribution < 1.29 is 19.4 Å². The van der Waals surface area contributed by atoms with Crippen molar-refractivity contribution >= 4 is 23.2 Å². The zero-order chi connectivity index (χ0) is 23.5. The van der Waals surface area contributed by atoms with Gasteiger partial charge in [0.1, 0.15) is 17.5 Å². The van der Waals surface area contributed by atoms with Gasteiger partial charge in [-0.15, -0.1) is 0 Å². The average molecular weight is 463 g/mol. The van der Waals surface area contributed by atoms with E-state index >= 15 is 0 Å². The van der Waals surface area contributed by atoms with Gasteiger partial charge in [-0.3, -0.25) is 4.79 Å². The van der Waals surface area contributed by atoms with Gasteiger partial charge in [-0.2, -0.15) is 0 Å². The number of nitrogens with zero attached hydrogens (tertiary/aromatic N) is 4. The average Bonchev–Trinajstić information content (AvgIpc) is 2.84. The van der Waals surface area contributed by atoms with Crippen molar-refractivity contribution in [2.75, 3.05) is 37.4 Å². The Morgan fingerprint density at radius 1 is 1.15 bits per heavy atom. The summed E-state index contributed by atoms with van der Waals surface area (Å²) in [5.74, 6) is 0.860. The van der Waals surface area contributed by atoms with E-state index in [0.29, 0.717) is 60.8 Å². The minimum absolute atomic E-state index is 0.115. The number of hydrogen-bond acceptors (Lipinski definition) is 9. The fraction of sp³-hybridized carbons (Fsp3) is 0.333. The maximum absolute atomic E-state index is 12.3. The third kappa shape index (κ3) is 4.92. The Morgan fingerprint density at radius 3 is 2.68 bits per heavy atom. The van der Waals surface area contributed by atoms with Crippen LogP contribution in [0.5, 0.6) is 5.75 Å². The van der Waals surface area contributed by atoms with Crippen LogP contribution in [0, 0.1) is 0 Å². The molecule has 34 heavy (non-hydrogen) atoms. The molecule has 2 saturated heterocycles. The maximum atomic E-state index is 12.3. The lowest BCUT2D eigenvalue weighted by atomic mass is 10.1. The molecule has 10 heteroatoms. The molecular weight excluding hydrogens is 436 g/mol. The second-order valence-electron chi connectivity index (χ2n) is 8.37. The SMILES string of the molecule is Nc1cc(-c2ccnc(Nc3ccc(C(=O)N4CC(O)C4)nc3)n2)ccc1OC1CCOCC1. The molecule has 4 N–H and O–H groups in total. The van der Waals surface area contributed by atoms with Gasteiger partial charge >= 0.3 is 0 Å². The molecular formula is C24H26N6O4. The largest absolute Gasteiger partial charge is 0.488 e. The number of nitrogens with two attached hydrogens (primary N) is 1. The topological polar surface area (TPSA) is 136 Å². The van der Waals surface area contributed by atoms with Gasteiger partial charge in [0.15, 0.2) is 0 Å². The van der Waals surface area contributed by atoms with Gasteiger partial charge in [-0.25, -0.2) is 15.0 Å². The van der Waals surface area contributed by atoms with Crippen molar-refractivity contribution in [3.63, 3.8) is 0 Å². The Kier molecular flexibility index (Phi) is 6.24. The second-order valence-corrected chi connectivity index (χ2v) is 8.37. The number of nitrogen functional groups attached to an aromatic ring is 1. The van der Waals surface area contributed by atoms with Gasteiger partial charge in [-0.05, 0) is 36.4 Å². The highest BCUT2D eigenvalue weighted by Gasteiger charge is 2.30. The number of aliphatic hydroxyl groups is 1. The summed E-state index contributed by atoms with van der Waals surface area (Å²) < 4.78 is 11.4. The summed E-state index contributed by atoms with van der Waals surface area (Å²) >= 11 is 0. The second kappa shape index (κ2) is 9.62. The summed E-state index contributed by atoms with van der Waals surface area (Å²) in [5, 5.41) is 12.5. The van der Waals surface area contributed by atoms with Crippen molar-refractivity contribution in [3.8, 4) is 17.0 Å². The van der Waals surface area contributed by atoms with Gasteiger partial charge in [0, 0.05) is 37.7 Å². The molecule has 5 rings (SSSR count). The zero-order valence-corrected chi connectivity index (χ0v) is 18.6. The molecule has 176 valence electrons. The summed E-state index contributed by atoms with van der Waals surface area (Å²) in [5.41, 5.74) is 9.33. The number of ether oxygens (including phenoxy) is 2. The maximum Gasteiger partial charge on any atom is 0.272 e. The lowest BCUT2D eigenvalue weighted by Gasteiger charge is -2.35. The molecule has 3 aromatic rings. The molecule has 2 aliphatic heterocycles.